The summed E-state index contributed by atoms with van der Waals surface area (Å²) in [5, 5.41) is 0. The van der Waals surface area contributed by atoms with Gasteiger partial charge in [0.25, 0.3) is 0 Å². The molecule has 1 amide bonds. The van der Waals surface area contributed by atoms with E-state index < -0.39 is 10.8 Å². The molecule has 0 fully saturated rings. The average Bonchev–Trinajstić information content (AvgIpc) is 2.48. The molecule has 0 spiro atoms. The summed E-state index contributed by atoms with van der Waals surface area (Å²) in [7, 11) is 2.16. The highest BCUT2D eigenvalue weighted by atomic mass is 32.2. The topological polar surface area (TPSA) is 37.4 Å². The quantitative estimate of drug-likeness (QED) is 0.851. The van der Waals surface area contributed by atoms with Crippen LogP contribution in [-0.2, 0) is 21.3 Å². The van der Waals surface area contributed by atoms with E-state index in [4.69, 9.17) is 0 Å². The van der Waals surface area contributed by atoms with Gasteiger partial charge in [-0.05, 0) is 16.7 Å². The van der Waals surface area contributed by atoms with Crippen LogP contribution in [0.5, 0.6) is 0 Å². The van der Waals surface area contributed by atoms with Crippen molar-refractivity contribution in [2.75, 3.05) is 19.8 Å². The minimum atomic E-state index is -1.20. The second kappa shape index (κ2) is 7.18. The molecule has 2 rings (SSSR count). The van der Waals surface area contributed by atoms with Gasteiger partial charge in [-0.2, -0.15) is 0 Å². The highest BCUT2D eigenvalue weighted by molar-refractivity contribution is 7.84. The van der Waals surface area contributed by atoms with Gasteiger partial charge in [0.2, 0.25) is 5.91 Å². The molecular formula is C17H19NO2S. The molecule has 0 aromatic heterocycles. The molecule has 0 N–H and O–H groups in total. The first-order valence-electron chi connectivity index (χ1n) is 6.76. The largest absolute Gasteiger partial charge is 0.348 e. The summed E-state index contributed by atoms with van der Waals surface area (Å²) in [4.78, 5) is 13.1. The van der Waals surface area contributed by atoms with Gasteiger partial charge in [-0.25, -0.2) is 0 Å². The molecule has 0 heterocycles. The Morgan fingerprint density at radius 2 is 1.62 bits per heavy atom. The maximum atomic E-state index is 12.2. The predicted octanol–water partition coefficient (Wildman–Crippen LogP) is 2.69. The molecule has 2 aromatic carbocycles. The number of amides is 1. The molecule has 0 unspecified atom stereocenters. The van der Waals surface area contributed by atoms with Gasteiger partial charge in [-0.1, -0.05) is 54.6 Å². The molecular weight excluding hydrogens is 282 g/mol. The van der Waals surface area contributed by atoms with Crippen LogP contribution in [0, 0.1) is 0 Å². The lowest BCUT2D eigenvalue weighted by Crippen LogP contribution is -2.27. The summed E-state index contributed by atoms with van der Waals surface area (Å²) in [6, 6.07) is 17.9. The minimum absolute atomic E-state index is 0.0656. The van der Waals surface area contributed by atoms with E-state index in [2.05, 4.69) is 0 Å². The van der Waals surface area contributed by atoms with Crippen LogP contribution in [0.2, 0.25) is 0 Å². The van der Waals surface area contributed by atoms with Crippen LogP contribution in [0.1, 0.15) is 5.56 Å². The Bertz CT molecular complexity index is 638. The van der Waals surface area contributed by atoms with Crippen molar-refractivity contribution < 1.29 is 9.00 Å². The van der Waals surface area contributed by atoms with Gasteiger partial charge in [0.05, 0.1) is 0 Å². The first-order valence-corrected chi connectivity index (χ1v) is 8.25. The summed E-state index contributed by atoms with van der Waals surface area (Å²) < 4.78 is 12.2. The van der Waals surface area contributed by atoms with Crippen molar-refractivity contribution >= 4 is 16.7 Å². The summed E-state index contributed by atoms with van der Waals surface area (Å²) >= 11 is 0. The number of hydrogen-bond acceptors (Lipinski definition) is 2. The van der Waals surface area contributed by atoms with Crippen LogP contribution >= 0.6 is 0 Å². The van der Waals surface area contributed by atoms with E-state index in [9.17, 15) is 9.00 Å². The second-order valence-electron chi connectivity index (χ2n) is 5.04. The number of rotatable bonds is 5. The molecule has 0 saturated heterocycles. The Morgan fingerprint density at radius 1 is 1.00 bits per heavy atom. The fourth-order valence-electron chi connectivity index (χ4n) is 2.04. The fourth-order valence-corrected chi connectivity index (χ4v) is 3.27. The predicted molar refractivity (Wildman–Crippen MR) is 87.3 cm³/mol. The van der Waals surface area contributed by atoms with Crippen molar-refractivity contribution in [3.63, 3.8) is 0 Å². The molecule has 3 nitrogen and oxygen atoms in total. The molecule has 0 aliphatic carbocycles. The Morgan fingerprint density at radius 3 is 2.29 bits per heavy atom. The Kier molecular flexibility index (Phi) is 5.28. The van der Waals surface area contributed by atoms with E-state index in [1.54, 1.807) is 14.1 Å². The van der Waals surface area contributed by atoms with Crippen molar-refractivity contribution in [3.05, 3.63) is 60.2 Å². The van der Waals surface area contributed by atoms with Gasteiger partial charge in [0, 0.05) is 30.6 Å². The maximum absolute atomic E-state index is 12.2. The van der Waals surface area contributed by atoms with E-state index in [0.717, 1.165) is 16.7 Å². The van der Waals surface area contributed by atoms with E-state index in [0.29, 0.717) is 5.75 Å². The van der Waals surface area contributed by atoms with Gasteiger partial charge >= 0.3 is 0 Å². The molecule has 1 atom stereocenters. The van der Waals surface area contributed by atoms with E-state index in [1.165, 1.54) is 4.90 Å². The van der Waals surface area contributed by atoms with E-state index >= 15 is 0 Å². The third-order valence-corrected chi connectivity index (χ3v) is 4.40. The van der Waals surface area contributed by atoms with Crippen molar-refractivity contribution in [3.8, 4) is 11.1 Å². The highest BCUT2D eigenvalue weighted by Gasteiger charge is 2.12. The van der Waals surface area contributed by atoms with Gasteiger partial charge in [0.15, 0.2) is 0 Å². The Hall–Kier alpha value is -1.94. The lowest BCUT2D eigenvalue weighted by Gasteiger charge is -2.12. The van der Waals surface area contributed by atoms with Crippen LogP contribution in [0.3, 0.4) is 0 Å². The van der Waals surface area contributed by atoms with E-state index in [-0.39, 0.29) is 11.7 Å². The number of carbonyl (C=O) groups is 1. The summed E-state index contributed by atoms with van der Waals surface area (Å²) in [5.41, 5.74) is 3.18. The third kappa shape index (κ3) is 4.26. The number of benzene rings is 2. The van der Waals surface area contributed by atoms with Gasteiger partial charge < -0.3 is 4.90 Å². The zero-order valence-corrected chi connectivity index (χ0v) is 13.1. The molecule has 0 aliphatic rings. The number of carbonyl (C=O) groups excluding carboxylic acids is 1. The zero-order chi connectivity index (χ0) is 15.2. The van der Waals surface area contributed by atoms with Gasteiger partial charge in [-0.15, -0.1) is 0 Å². The molecule has 2 aromatic rings. The lowest BCUT2D eigenvalue weighted by atomic mass is 10.0. The smallest absolute Gasteiger partial charge is 0.234 e. The van der Waals surface area contributed by atoms with Crippen molar-refractivity contribution in [2.45, 2.75) is 5.75 Å². The van der Waals surface area contributed by atoms with Gasteiger partial charge in [0.1, 0.15) is 5.75 Å². The first-order chi connectivity index (χ1) is 10.1. The van der Waals surface area contributed by atoms with Crippen molar-refractivity contribution in [1.29, 1.82) is 0 Å². The normalized spacial score (nSPS) is 11.9. The molecule has 21 heavy (non-hydrogen) atoms. The summed E-state index contributed by atoms with van der Waals surface area (Å²) in [6.45, 7) is 0. The first kappa shape index (κ1) is 15.4. The van der Waals surface area contributed by atoms with Crippen molar-refractivity contribution in [2.24, 2.45) is 0 Å². The van der Waals surface area contributed by atoms with E-state index in [1.807, 2.05) is 54.6 Å². The SMILES string of the molecule is CN(C)C(=O)C[S@](=O)Cc1ccccc1-c1ccccc1. The Balaban J connectivity index is 2.18. The maximum Gasteiger partial charge on any atom is 0.234 e. The summed E-state index contributed by atoms with van der Waals surface area (Å²) in [5.74, 6) is 0.353. The molecule has 0 bridgehead atoms. The molecule has 0 saturated carbocycles. The minimum Gasteiger partial charge on any atom is -0.348 e. The number of hydrogen-bond donors (Lipinski definition) is 0. The van der Waals surface area contributed by atoms with Crippen LogP contribution in [0.15, 0.2) is 54.6 Å². The fraction of sp³-hybridized carbons (Fsp3) is 0.235. The van der Waals surface area contributed by atoms with Crippen LogP contribution in [0.25, 0.3) is 11.1 Å². The third-order valence-electron chi connectivity index (χ3n) is 3.20. The molecule has 110 valence electrons. The summed E-state index contributed by atoms with van der Waals surface area (Å²) in [6.07, 6.45) is 0. The van der Waals surface area contributed by atoms with Crippen LogP contribution < -0.4 is 0 Å². The lowest BCUT2D eigenvalue weighted by molar-refractivity contribution is -0.125. The Labute approximate surface area is 128 Å². The highest BCUT2D eigenvalue weighted by Crippen LogP contribution is 2.24. The van der Waals surface area contributed by atoms with Crippen molar-refractivity contribution in [1.82, 2.24) is 4.90 Å². The second-order valence-corrected chi connectivity index (χ2v) is 6.50. The number of nitrogens with zero attached hydrogens (tertiary/aromatic N) is 1. The molecule has 4 heteroatoms. The molecule has 0 radical (unpaired) electrons. The molecule has 0 aliphatic heterocycles. The van der Waals surface area contributed by atoms with Crippen LogP contribution in [0.4, 0.5) is 0 Å². The zero-order valence-electron chi connectivity index (χ0n) is 12.3. The average molecular weight is 301 g/mol. The van der Waals surface area contributed by atoms with Gasteiger partial charge in [-0.3, -0.25) is 9.00 Å². The van der Waals surface area contributed by atoms with Crippen LogP contribution in [-0.4, -0.2) is 34.9 Å². The monoisotopic (exact) mass is 301 g/mol. The standard InChI is InChI=1S/C17H19NO2S/c1-18(2)17(19)13-21(20)12-15-10-6-7-11-16(15)14-8-4-3-5-9-14/h3-11H,12-13H2,1-2H3/t21-/m1/s1.